The number of H-pyrrole nitrogens is 1. The van der Waals surface area contributed by atoms with Gasteiger partial charge in [0, 0.05) is 11.8 Å². The number of aromatic nitrogens is 3. The first kappa shape index (κ1) is 17.2. The van der Waals surface area contributed by atoms with Crippen molar-refractivity contribution in [1.29, 1.82) is 0 Å². The molecule has 3 aromatic rings. The first-order valence-corrected chi connectivity index (χ1v) is 9.96. The summed E-state index contributed by atoms with van der Waals surface area (Å²) in [5, 5.41) is 7.30. The smallest absolute Gasteiger partial charge is 0.199 e. The highest BCUT2D eigenvalue weighted by Gasteiger charge is 2.15. The summed E-state index contributed by atoms with van der Waals surface area (Å²) in [5.74, 6) is 4.10. The van der Waals surface area contributed by atoms with E-state index >= 15 is 0 Å². The van der Waals surface area contributed by atoms with E-state index < -0.39 is 0 Å². The second kappa shape index (κ2) is 7.55. The van der Waals surface area contributed by atoms with Crippen molar-refractivity contribution in [1.82, 2.24) is 14.8 Å². The number of ether oxygens (including phenoxy) is 2. The highest BCUT2D eigenvalue weighted by molar-refractivity contribution is 7.97. The first-order valence-electron chi connectivity index (χ1n) is 8.40. The molecule has 1 aliphatic heterocycles. The Hall–Kier alpha value is -2.25. The van der Waals surface area contributed by atoms with Crippen LogP contribution in [0.2, 0.25) is 0 Å². The SMILES string of the molecule is Cc1ccc(CSCc2n[nH]c(=S)n2-c2ccc3c(c2)OCCO3)cc1. The number of thioether (sulfide) groups is 1. The number of hydrogen-bond donors (Lipinski definition) is 1. The van der Waals surface area contributed by atoms with Gasteiger partial charge in [-0.25, -0.2) is 0 Å². The summed E-state index contributed by atoms with van der Waals surface area (Å²) in [6.07, 6.45) is 0. The van der Waals surface area contributed by atoms with Crippen LogP contribution in [0.3, 0.4) is 0 Å². The van der Waals surface area contributed by atoms with Crippen molar-refractivity contribution in [2.24, 2.45) is 0 Å². The fraction of sp³-hybridized carbons (Fsp3) is 0.263. The fourth-order valence-electron chi connectivity index (χ4n) is 2.81. The molecule has 0 aliphatic carbocycles. The van der Waals surface area contributed by atoms with E-state index in [1.165, 1.54) is 11.1 Å². The third-order valence-electron chi connectivity index (χ3n) is 4.15. The van der Waals surface area contributed by atoms with Crippen LogP contribution < -0.4 is 9.47 Å². The zero-order valence-electron chi connectivity index (χ0n) is 14.4. The van der Waals surface area contributed by atoms with Crippen LogP contribution in [0.4, 0.5) is 0 Å². The summed E-state index contributed by atoms with van der Waals surface area (Å²) in [6.45, 7) is 3.24. The Morgan fingerprint density at radius 2 is 1.85 bits per heavy atom. The topological polar surface area (TPSA) is 52.1 Å². The van der Waals surface area contributed by atoms with Gasteiger partial charge >= 0.3 is 0 Å². The monoisotopic (exact) mass is 385 g/mol. The summed E-state index contributed by atoms with van der Waals surface area (Å²) in [6, 6.07) is 14.5. The minimum Gasteiger partial charge on any atom is -0.486 e. The average molecular weight is 386 g/mol. The number of nitrogens with one attached hydrogen (secondary N) is 1. The van der Waals surface area contributed by atoms with Crippen molar-refractivity contribution in [2.75, 3.05) is 13.2 Å². The molecule has 1 aliphatic rings. The van der Waals surface area contributed by atoms with E-state index in [-0.39, 0.29) is 0 Å². The second-order valence-electron chi connectivity index (χ2n) is 6.09. The lowest BCUT2D eigenvalue weighted by Gasteiger charge is -2.19. The van der Waals surface area contributed by atoms with Crippen LogP contribution in [0.5, 0.6) is 11.5 Å². The van der Waals surface area contributed by atoms with Crippen molar-refractivity contribution in [2.45, 2.75) is 18.4 Å². The van der Waals surface area contributed by atoms with E-state index in [9.17, 15) is 0 Å². The number of aromatic amines is 1. The molecule has 0 amide bonds. The second-order valence-corrected chi connectivity index (χ2v) is 7.46. The Labute approximate surface area is 161 Å². The predicted molar refractivity (Wildman–Crippen MR) is 106 cm³/mol. The molecule has 2 aromatic carbocycles. The summed E-state index contributed by atoms with van der Waals surface area (Å²) in [7, 11) is 0. The number of rotatable bonds is 5. The minimum atomic E-state index is 0.562. The maximum Gasteiger partial charge on any atom is 0.199 e. The molecule has 26 heavy (non-hydrogen) atoms. The largest absolute Gasteiger partial charge is 0.486 e. The average Bonchev–Trinajstić information content (AvgIpc) is 3.03. The quantitative estimate of drug-likeness (QED) is 0.658. The Kier molecular flexibility index (Phi) is 4.99. The van der Waals surface area contributed by atoms with Gasteiger partial charge in [-0.15, -0.1) is 11.8 Å². The standard InChI is InChI=1S/C19H19N3O2S2/c1-13-2-4-14(5-3-13)11-26-12-18-20-21-19(25)22(18)15-6-7-16-17(10-15)24-9-8-23-16/h2-7,10H,8-9,11-12H2,1H3,(H,21,25). The maximum atomic E-state index is 5.68. The van der Waals surface area contributed by atoms with Crippen LogP contribution in [0.15, 0.2) is 42.5 Å². The van der Waals surface area contributed by atoms with Gasteiger partial charge in [0.05, 0.1) is 11.4 Å². The third-order valence-corrected chi connectivity index (χ3v) is 5.42. The van der Waals surface area contributed by atoms with Gasteiger partial charge in [-0.2, -0.15) is 5.10 Å². The lowest BCUT2D eigenvalue weighted by atomic mass is 10.2. The summed E-state index contributed by atoms with van der Waals surface area (Å²) in [5.41, 5.74) is 3.51. The first-order chi connectivity index (χ1) is 12.7. The van der Waals surface area contributed by atoms with Gasteiger partial charge < -0.3 is 9.47 Å². The summed E-state index contributed by atoms with van der Waals surface area (Å²) < 4.78 is 13.8. The lowest BCUT2D eigenvalue weighted by molar-refractivity contribution is 0.171. The molecule has 7 heteroatoms. The minimum absolute atomic E-state index is 0.562. The Bertz CT molecular complexity index is 964. The van der Waals surface area contributed by atoms with E-state index in [0.717, 1.165) is 34.5 Å². The van der Waals surface area contributed by atoms with Crippen molar-refractivity contribution < 1.29 is 9.47 Å². The van der Waals surface area contributed by atoms with Gasteiger partial charge in [-0.1, -0.05) is 29.8 Å². The zero-order chi connectivity index (χ0) is 17.9. The molecular formula is C19H19N3O2S2. The van der Waals surface area contributed by atoms with Gasteiger partial charge in [0.2, 0.25) is 0 Å². The van der Waals surface area contributed by atoms with Crippen LogP contribution in [-0.2, 0) is 11.5 Å². The van der Waals surface area contributed by atoms with Crippen LogP contribution in [0, 0.1) is 11.7 Å². The number of nitrogens with zero attached hydrogens (tertiary/aromatic N) is 2. The third kappa shape index (κ3) is 3.64. The number of hydrogen-bond acceptors (Lipinski definition) is 5. The molecule has 0 saturated heterocycles. The van der Waals surface area contributed by atoms with Gasteiger partial charge in [-0.05, 0) is 36.8 Å². The molecule has 0 fully saturated rings. The van der Waals surface area contributed by atoms with E-state index in [0.29, 0.717) is 18.0 Å². The van der Waals surface area contributed by atoms with E-state index in [1.54, 1.807) is 0 Å². The van der Waals surface area contributed by atoms with E-state index in [2.05, 4.69) is 41.4 Å². The fourth-order valence-corrected chi connectivity index (χ4v) is 3.97. The van der Waals surface area contributed by atoms with Crippen molar-refractivity contribution in [3.05, 3.63) is 64.2 Å². The van der Waals surface area contributed by atoms with E-state index in [4.69, 9.17) is 21.7 Å². The Balaban J connectivity index is 1.52. The summed E-state index contributed by atoms with van der Waals surface area (Å²) in [4.78, 5) is 0. The Morgan fingerprint density at radius 3 is 2.65 bits per heavy atom. The van der Waals surface area contributed by atoms with E-state index in [1.807, 2.05) is 34.5 Å². The highest BCUT2D eigenvalue weighted by Crippen LogP contribution is 2.32. The molecule has 0 spiro atoms. The summed E-state index contributed by atoms with van der Waals surface area (Å²) >= 11 is 7.24. The zero-order valence-corrected chi connectivity index (χ0v) is 16.0. The molecular weight excluding hydrogens is 366 g/mol. The molecule has 0 saturated carbocycles. The maximum absolute atomic E-state index is 5.68. The molecule has 4 rings (SSSR count). The molecule has 0 bridgehead atoms. The molecule has 2 heterocycles. The molecule has 0 radical (unpaired) electrons. The molecule has 0 atom stereocenters. The van der Waals surface area contributed by atoms with Crippen molar-refractivity contribution in [3.63, 3.8) is 0 Å². The molecule has 0 unspecified atom stereocenters. The van der Waals surface area contributed by atoms with Gasteiger partial charge in [-0.3, -0.25) is 9.67 Å². The van der Waals surface area contributed by atoms with Crippen LogP contribution in [0.25, 0.3) is 5.69 Å². The van der Waals surface area contributed by atoms with Crippen molar-refractivity contribution in [3.8, 4) is 17.2 Å². The highest BCUT2D eigenvalue weighted by atomic mass is 32.2. The Morgan fingerprint density at radius 1 is 1.08 bits per heavy atom. The number of aryl methyl sites for hydroxylation is 1. The molecule has 1 aromatic heterocycles. The van der Waals surface area contributed by atoms with Gasteiger partial charge in [0.15, 0.2) is 16.3 Å². The predicted octanol–water partition coefficient (Wildman–Crippen LogP) is 4.44. The van der Waals surface area contributed by atoms with Crippen LogP contribution >= 0.6 is 24.0 Å². The lowest BCUT2D eigenvalue weighted by Crippen LogP contribution is -2.15. The number of fused-ring (bicyclic) bond motifs is 1. The number of benzene rings is 2. The van der Waals surface area contributed by atoms with Gasteiger partial charge in [0.25, 0.3) is 0 Å². The normalized spacial score (nSPS) is 13.0. The van der Waals surface area contributed by atoms with Gasteiger partial charge in [0.1, 0.15) is 19.0 Å². The molecule has 1 N–H and O–H groups in total. The molecule has 134 valence electrons. The van der Waals surface area contributed by atoms with Crippen LogP contribution in [-0.4, -0.2) is 28.0 Å². The molecule has 5 nitrogen and oxygen atoms in total. The van der Waals surface area contributed by atoms with Crippen LogP contribution in [0.1, 0.15) is 17.0 Å². The van der Waals surface area contributed by atoms with Crippen molar-refractivity contribution >= 4 is 24.0 Å².